The van der Waals surface area contributed by atoms with Gasteiger partial charge in [-0.05, 0) is 36.8 Å². The van der Waals surface area contributed by atoms with E-state index in [1.807, 2.05) is 19.1 Å². The van der Waals surface area contributed by atoms with Gasteiger partial charge in [0.15, 0.2) is 0 Å². The summed E-state index contributed by atoms with van der Waals surface area (Å²) in [5.41, 5.74) is 1.08. The second kappa shape index (κ2) is 9.30. The number of rotatable bonds is 9. The highest BCUT2D eigenvalue weighted by Gasteiger charge is 2.18. The minimum absolute atomic E-state index is 0.0988. The second-order valence-electron chi connectivity index (χ2n) is 6.11. The van der Waals surface area contributed by atoms with E-state index in [4.69, 9.17) is 4.74 Å². The van der Waals surface area contributed by atoms with Crippen molar-refractivity contribution in [1.82, 2.24) is 19.7 Å². The summed E-state index contributed by atoms with van der Waals surface area (Å²) >= 11 is 0. The van der Waals surface area contributed by atoms with Gasteiger partial charge in [-0.2, -0.15) is 0 Å². The van der Waals surface area contributed by atoms with Crippen LogP contribution in [-0.2, 0) is 10.0 Å². The second-order valence-corrected chi connectivity index (χ2v) is 7.84. The number of methoxy groups -OCH3 is 1. The monoisotopic (exact) mass is 414 g/mol. The maximum atomic E-state index is 12.4. The Morgan fingerprint density at radius 2 is 1.72 bits per heavy atom. The lowest BCUT2D eigenvalue weighted by Crippen LogP contribution is -2.29. The third-order valence-corrected chi connectivity index (χ3v) is 5.42. The van der Waals surface area contributed by atoms with Crippen LogP contribution in [0.2, 0.25) is 0 Å². The Morgan fingerprint density at radius 1 is 0.966 bits per heavy atom. The lowest BCUT2D eigenvalue weighted by Gasteiger charge is -2.11. The van der Waals surface area contributed by atoms with Crippen LogP contribution in [0.25, 0.3) is 0 Å². The predicted octanol–water partition coefficient (Wildman–Crippen LogP) is 2.32. The summed E-state index contributed by atoms with van der Waals surface area (Å²) in [5.74, 6) is 2.12. The number of anilines is 3. The fraction of sp³-hybridized carbons (Fsp3) is 0.211. The van der Waals surface area contributed by atoms with Crippen molar-refractivity contribution < 1.29 is 13.2 Å². The minimum atomic E-state index is -3.68. The zero-order valence-electron chi connectivity index (χ0n) is 16.1. The van der Waals surface area contributed by atoms with Crippen LogP contribution in [0.15, 0.2) is 59.9 Å². The highest BCUT2D eigenvalue weighted by molar-refractivity contribution is 7.89. The van der Waals surface area contributed by atoms with Gasteiger partial charge in [0.05, 0.1) is 7.11 Å². The van der Waals surface area contributed by atoms with Crippen molar-refractivity contribution in [2.75, 3.05) is 30.8 Å². The summed E-state index contributed by atoms with van der Waals surface area (Å²) in [7, 11) is -2.25. The van der Waals surface area contributed by atoms with E-state index < -0.39 is 10.0 Å². The third kappa shape index (κ3) is 5.62. The van der Waals surface area contributed by atoms with Gasteiger partial charge in [0, 0.05) is 25.4 Å². The number of aryl methyl sites for hydroxylation is 1. The first-order chi connectivity index (χ1) is 14.0. The normalized spacial score (nSPS) is 11.1. The van der Waals surface area contributed by atoms with Gasteiger partial charge in [-0.3, -0.25) is 0 Å². The molecular formula is C19H22N6O3S. The molecule has 2 aromatic heterocycles. The average Bonchev–Trinajstić information content (AvgIpc) is 2.71. The first-order valence-electron chi connectivity index (χ1n) is 8.86. The van der Waals surface area contributed by atoms with Gasteiger partial charge in [-0.15, -0.1) is 0 Å². The minimum Gasteiger partial charge on any atom is -0.495 e. The fourth-order valence-corrected chi connectivity index (χ4v) is 3.75. The van der Waals surface area contributed by atoms with E-state index in [1.165, 1.54) is 19.5 Å². The number of hydrogen-bond acceptors (Lipinski definition) is 8. The molecule has 1 aromatic carbocycles. The van der Waals surface area contributed by atoms with E-state index >= 15 is 0 Å². The standard InChI is InChI=1S/C19H22N6O3S/c1-14-7-8-20-18(11-14)25-19-12-17(22-13-23-19)21-9-10-24-29(26,27)16-6-4-3-5-15(16)28-2/h3-8,11-13,24H,9-10H2,1-2H3,(H2,20,21,22,23,25). The lowest BCUT2D eigenvalue weighted by molar-refractivity contribution is 0.402. The topological polar surface area (TPSA) is 118 Å². The summed E-state index contributed by atoms with van der Waals surface area (Å²) in [6.07, 6.45) is 3.13. The van der Waals surface area contributed by atoms with Gasteiger partial charge < -0.3 is 15.4 Å². The molecule has 0 aliphatic carbocycles. The molecule has 0 unspecified atom stereocenters. The van der Waals surface area contributed by atoms with Crippen LogP contribution in [0, 0.1) is 6.92 Å². The first-order valence-corrected chi connectivity index (χ1v) is 10.3. The van der Waals surface area contributed by atoms with Crippen LogP contribution < -0.4 is 20.1 Å². The Hall–Kier alpha value is -3.24. The van der Waals surface area contributed by atoms with E-state index in [0.717, 1.165) is 5.56 Å². The van der Waals surface area contributed by atoms with Crippen LogP contribution in [0.5, 0.6) is 5.75 Å². The highest BCUT2D eigenvalue weighted by Crippen LogP contribution is 2.22. The molecule has 0 aliphatic rings. The number of aromatic nitrogens is 3. The van der Waals surface area contributed by atoms with E-state index in [-0.39, 0.29) is 11.4 Å². The highest BCUT2D eigenvalue weighted by atomic mass is 32.2. The number of ether oxygens (including phenoxy) is 1. The average molecular weight is 414 g/mol. The molecule has 2 heterocycles. The Balaban J connectivity index is 1.55. The molecule has 3 rings (SSSR count). The van der Waals surface area contributed by atoms with E-state index in [1.54, 1.807) is 30.5 Å². The molecule has 29 heavy (non-hydrogen) atoms. The van der Waals surface area contributed by atoms with Crippen LogP contribution in [0.1, 0.15) is 5.56 Å². The van der Waals surface area contributed by atoms with Crippen molar-refractivity contribution in [1.29, 1.82) is 0 Å². The Bertz CT molecular complexity index is 1070. The Labute approximate surface area is 169 Å². The van der Waals surface area contributed by atoms with Crippen molar-refractivity contribution in [2.24, 2.45) is 0 Å². The summed E-state index contributed by atoms with van der Waals surface area (Å²) < 4.78 is 32.5. The van der Waals surface area contributed by atoms with Crippen LogP contribution in [-0.4, -0.2) is 43.6 Å². The maximum Gasteiger partial charge on any atom is 0.244 e. The molecule has 9 nitrogen and oxygen atoms in total. The summed E-state index contributed by atoms with van der Waals surface area (Å²) in [4.78, 5) is 12.6. The number of para-hydroxylation sites is 1. The molecular weight excluding hydrogens is 392 g/mol. The van der Waals surface area contributed by atoms with Crippen molar-refractivity contribution in [3.63, 3.8) is 0 Å². The molecule has 3 N–H and O–H groups in total. The van der Waals surface area contributed by atoms with Crippen LogP contribution in [0.4, 0.5) is 17.5 Å². The van der Waals surface area contributed by atoms with Gasteiger partial charge in [0.2, 0.25) is 10.0 Å². The van der Waals surface area contributed by atoms with Crippen molar-refractivity contribution in [3.8, 4) is 5.75 Å². The predicted molar refractivity (Wildman–Crippen MR) is 111 cm³/mol. The smallest absolute Gasteiger partial charge is 0.244 e. The van der Waals surface area contributed by atoms with Gasteiger partial charge in [-0.1, -0.05) is 12.1 Å². The van der Waals surface area contributed by atoms with E-state index in [0.29, 0.717) is 29.7 Å². The quantitative estimate of drug-likeness (QED) is 0.457. The largest absolute Gasteiger partial charge is 0.495 e. The summed E-state index contributed by atoms with van der Waals surface area (Å²) in [5, 5.41) is 6.17. The molecule has 0 spiro atoms. The van der Waals surface area contributed by atoms with Crippen LogP contribution in [0.3, 0.4) is 0 Å². The molecule has 0 radical (unpaired) electrons. The molecule has 0 aliphatic heterocycles. The molecule has 0 saturated heterocycles. The number of nitrogens with one attached hydrogen (secondary N) is 3. The van der Waals surface area contributed by atoms with Gasteiger partial charge in [0.25, 0.3) is 0 Å². The zero-order chi connectivity index (χ0) is 20.7. The van der Waals surface area contributed by atoms with Crippen molar-refractivity contribution in [2.45, 2.75) is 11.8 Å². The summed E-state index contributed by atoms with van der Waals surface area (Å²) in [6, 6.07) is 12.0. The number of nitrogens with zero attached hydrogens (tertiary/aromatic N) is 3. The Morgan fingerprint density at radius 3 is 2.52 bits per heavy atom. The van der Waals surface area contributed by atoms with E-state index in [9.17, 15) is 8.42 Å². The molecule has 0 amide bonds. The maximum absolute atomic E-state index is 12.4. The first kappa shape index (κ1) is 20.5. The number of sulfonamides is 1. The molecule has 3 aromatic rings. The molecule has 0 saturated carbocycles. The molecule has 0 bridgehead atoms. The SMILES string of the molecule is COc1ccccc1S(=O)(=O)NCCNc1cc(Nc2cc(C)ccn2)ncn1. The summed E-state index contributed by atoms with van der Waals surface area (Å²) in [6.45, 7) is 2.49. The van der Waals surface area contributed by atoms with Gasteiger partial charge >= 0.3 is 0 Å². The fourth-order valence-electron chi connectivity index (χ4n) is 2.55. The number of benzene rings is 1. The molecule has 10 heteroatoms. The van der Waals surface area contributed by atoms with E-state index in [2.05, 4.69) is 30.3 Å². The molecule has 0 atom stereocenters. The number of hydrogen-bond donors (Lipinski definition) is 3. The third-order valence-electron chi connectivity index (χ3n) is 3.92. The van der Waals surface area contributed by atoms with Gasteiger partial charge in [0.1, 0.15) is 34.4 Å². The van der Waals surface area contributed by atoms with Gasteiger partial charge in [-0.25, -0.2) is 28.1 Å². The molecule has 0 fully saturated rings. The van der Waals surface area contributed by atoms with Crippen molar-refractivity contribution >= 4 is 27.5 Å². The number of pyridine rings is 1. The lowest BCUT2D eigenvalue weighted by atomic mass is 10.3. The van der Waals surface area contributed by atoms with Crippen LogP contribution >= 0.6 is 0 Å². The van der Waals surface area contributed by atoms with Crippen molar-refractivity contribution in [3.05, 3.63) is 60.6 Å². The molecule has 152 valence electrons. The Kier molecular flexibility index (Phi) is 6.57. The zero-order valence-corrected chi connectivity index (χ0v) is 16.9.